The zero-order chi connectivity index (χ0) is 17.3. The summed E-state index contributed by atoms with van der Waals surface area (Å²) in [5.74, 6) is 0.498. The number of carbonyl (C=O) groups excluding carboxylic acids is 1. The highest BCUT2D eigenvalue weighted by Gasteiger charge is 2.13. The molecule has 0 saturated carbocycles. The number of oxazole rings is 1. The van der Waals surface area contributed by atoms with Crippen LogP contribution in [0.2, 0.25) is 0 Å². The SMILES string of the molecule is C=Cc1oc(NC(C)=O)nc1/C=C/c1nn(C)c2ncnc(N)c12. The number of aromatic nitrogens is 5. The predicted octanol–water partition coefficient (Wildman–Crippen LogP) is 1.71. The maximum Gasteiger partial charge on any atom is 0.302 e. The smallest absolute Gasteiger partial charge is 0.302 e. The van der Waals surface area contributed by atoms with Crippen LogP contribution < -0.4 is 11.1 Å². The van der Waals surface area contributed by atoms with Crippen molar-refractivity contribution in [2.75, 3.05) is 11.1 Å². The lowest BCUT2D eigenvalue weighted by Gasteiger charge is -1.94. The Labute approximate surface area is 136 Å². The van der Waals surface area contributed by atoms with Crippen molar-refractivity contribution in [2.45, 2.75) is 6.92 Å². The first-order valence-electron chi connectivity index (χ1n) is 7.01. The summed E-state index contributed by atoms with van der Waals surface area (Å²) in [5.41, 5.74) is 7.65. The summed E-state index contributed by atoms with van der Waals surface area (Å²) < 4.78 is 7.01. The number of nitrogens with zero attached hydrogens (tertiary/aromatic N) is 5. The summed E-state index contributed by atoms with van der Waals surface area (Å²) in [6.07, 6.45) is 6.32. The maximum absolute atomic E-state index is 11.1. The standard InChI is InChI=1S/C15H15N7O2/c1-4-11-9(20-15(24-11)19-8(2)23)5-6-10-12-13(16)17-7-18-14(12)22(3)21-10/h4-7H,1H2,2-3H3,(H2,16,17,18)(H,19,20,23)/b6-5+. The topological polar surface area (TPSA) is 125 Å². The van der Waals surface area contributed by atoms with Crippen LogP contribution in [0.4, 0.5) is 11.8 Å². The van der Waals surface area contributed by atoms with Crippen molar-refractivity contribution in [1.82, 2.24) is 24.7 Å². The number of nitrogens with two attached hydrogens (primary N) is 1. The molecule has 0 radical (unpaired) electrons. The van der Waals surface area contributed by atoms with Gasteiger partial charge < -0.3 is 10.2 Å². The highest BCUT2D eigenvalue weighted by molar-refractivity contribution is 5.94. The fourth-order valence-electron chi connectivity index (χ4n) is 2.23. The van der Waals surface area contributed by atoms with E-state index in [-0.39, 0.29) is 11.9 Å². The third-order valence-corrected chi connectivity index (χ3v) is 3.23. The zero-order valence-corrected chi connectivity index (χ0v) is 13.1. The molecule has 0 fully saturated rings. The molecular formula is C15H15N7O2. The van der Waals surface area contributed by atoms with Gasteiger partial charge >= 0.3 is 6.01 Å². The van der Waals surface area contributed by atoms with Gasteiger partial charge in [-0.1, -0.05) is 6.58 Å². The molecule has 3 N–H and O–H groups in total. The molecule has 0 aromatic carbocycles. The molecule has 9 heteroatoms. The second-order valence-electron chi connectivity index (χ2n) is 4.95. The second-order valence-corrected chi connectivity index (χ2v) is 4.95. The van der Waals surface area contributed by atoms with Gasteiger partial charge in [0.25, 0.3) is 0 Å². The van der Waals surface area contributed by atoms with E-state index < -0.39 is 0 Å². The summed E-state index contributed by atoms with van der Waals surface area (Å²) in [7, 11) is 1.77. The lowest BCUT2D eigenvalue weighted by molar-refractivity contribution is -0.114. The van der Waals surface area contributed by atoms with Gasteiger partial charge in [-0.2, -0.15) is 10.1 Å². The molecule has 1 amide bonds. The highest BCUT2D eigenvalue weighted by Crippen LogP contribution is 2.24. The van der Waals surface area contributed by atoms with E-state index in [4.69, 9.17) is 10.2 Å². The quantitative estimate of drug-likeness (QED) is 0.748. The van der Waals surface area contributed by atoms with Gasteiger partial charge in [0.05, 0.1) is 11.1 Å². The van der Waals surface area contributed by atoms with Crippen LogP contribution in [-0.2, 0) is 11.8 Å². The monoisotopic (exact) mass is 325 g/mol. The lowest BCUT2D eigenvalue weighted by atomic mass is 10.2. The summed E-state index contributed by atoms with van der Waals surface area (Å²) in [4.78, 5) is 23.4. The van der Waals surface area contributed by atoms with Crippen LogP contribution in [0.25, 0.3) is 29.3 Å². The predicted molar refractivity (Wildman–Crippen MR) is 90.5 cm³/mol. The number of fused-ring (bicyclic) bond motifs is 1. The third kappa shape index (κ3) is 2.74. The number of carbonyl (C=O) groups is 1. The normalized spacial score (nSPS) is 11.2. The van der Waals surface area contributed by atoms with Gasteiger partial charge in [0, 0.05) is 14.0 Å². The molecule has 3 heterocycles. The molecule has 3 rings (SSSR count). The minimum atomic E-state index is -0.275. The van der Waals surface area contributed by atoms with E-state index in [2.05, 4.69) is 31.9 Å². The first-order chi connectivity index (χ1) is 11.5. The van der Waals surface area contributed by atoms with Crippen molar-refractivity contribution < 1.29 is 9.21 Å². The lowest BCUT2D eigenvalue weighted by Crippen LogP contribution is -2.05. The first kappa shape index (κ1) is 15.4. The van der Waals surface area contributed by atoms with Crippen molar-refractivity contribution in [3.8, 4) is 0 Å². The Morgan fingerprint density at radius 3 is 2.83 bits per heavy atom. The van der Waals surface area contributed by atoms with Gasteiger partial charge in [-0.25, -0.2) is 14.6 Å². The maximum atomic E-state index is 11.1. The van der Waals surface area contributed by atoms with Crippen molar-refractivity contribution in [3.63, 3.8) is 0 Å². The van der Waals surface area contributed by atoms with Crippen LogP contribution in [0.3, 0.4) is 0 Å². The second kappa shape index (κ2) is 5.95. The largest absolute Gasteiger partial charge is 0.423 e. The minimum absolute atomic E-state index is 0.103. The molecular weight excluding hydrogens is 310 g/mol. The van der Waals surface area contributed by atoms with Crippen LogP contribution in [0.5, 0.6) is 0 Å². The number of aryl methyl sites for hydroxylation is 1. The summed E-state index contributed by atoms with van der Waals surface area (Å²) in [6, 6.07) is 0.103. The molecule has 122 valence electrons. The van der Waals surface area contributed by atoms with Gasteiger partial charge in [0.15, 0.2) is 11.4 Å². The molecule has 0 aliphatic rings. The molecule has 0 spiro atoms. The Kier molecular flexibility index (Phi) is 3.82. The van der Waals surface area contributed by atoms with Gasteiger partial charge in [-0.15, -0.1) is 0 Å². The van der Waals surface area contributed by atoms with Gasteiger partial charge in [-0.05, 0) is 18.2 Å². The fourth-order valence-corrected chi connectivity index (χ4v) is 2.23. The van der Waals surface area contributed by atoms with Crippen LogP contribution in [0.15, 0.2) is 17.3 Å². The number of hydrogen-bond donors (Lipinski definition) is 2. The van der Waals surface area contributed by atoms with Crippen LogP contribution >= 0.6 is 0 Å². The molecule has 0 bridgehead atoms. The first-order valence-corrected chi connectivity index (χ1v) is 7.01. The van der Waals surface area contributed by atoms with Crippen LogP contribution in [0.1, 0.15) is 24.1 Å². The molecule has 0 saturated heterocycles. The number of rotatable bonds is 4. The molecule has 0 atom stereocenters. The van der Waals surface area contributed by atoms with Crippen molar-refractivity contribution >= 4 is 47.0 Å². The van der Waals surface area contributed by atoms with Crippen molar-refractivity contribution in [1.29, 1.82) is 0 Å². The van der Waals surface area contributed by atoms with Crippen molar-refractivity contribution in [3.05, 3.63) is 30.1 Å². The fraction of sp³-hybridized carbons (Fsp3) is 0.133. The van der Waals surface area contributed by atoms with E-state index in [9.17, 15) is 4.79 Å². The Hall–Kier alpha value is -3.49. The highest BCUT2D eigenvalue weighted by atomic mass is 16.4. The van der Waals surface area contributed by atoms with Gasteiger partial charge in [-0.3, -0.25) is 10.1 Å². The average Bonchev–Trinajstić information content (AvgIpc) is 3.06. The third-order valence-electron chi connectivity index (χ3n) is 3.23. The molecule has 24 heavy (non-hydrogen) atoms. The van der Waals surface area contributed by atoms with E-state index in [1.165, 1.54) is 19.3 Å². The summed E-state index contributed by atoms with van der Waals surface area (Å²) >= 11 is 0. The minimum Gasteiger partial charge on any atom is -0.423 e. The zero-order valence-electron chi connectivity index (χ0n) is 13.1. The van der Waals surface area contributed by atoms with Gasteiger partial charge in [0.2, 0.25) is 5.91 Å². The van der Waals surface area contributed by atoms with Crippen LogP contribution in [-0.4, -0.2) is 30.6 Å². The molecule has 9 nitrogen and oxygen atoms in total. The number of nitrogen functional groups attached to an aromatic ring is 1. The van der Waals surface area contributed by atoms with E-state index in [1.807, 2.05) is 0 Å². The average molecular weight is 325 g/mol. The number of anilines is 2. The molecule has 0 aliphatic heterocycles. The molecule has 0 aliphatic carbocycles. The van der Waals surface area contributed by atoms with E-state index in [0.717, 1.165) is 0 Å². The number of nitrogens with one attached hydrogen (secondary N) is 1. The van der Waals surface area contributed by atoms with E-state index in [0.29, 0.717) is 34.0 Å². The summed E-state index contributed by atoms with van der Waals surface area (Å²) in [5, 5.41) is 7.51. The molecule has 3 aromatic heterocycles. The Morgan fingerprint density at radius 2 is 2.12 bits per heavy atom. The number of amides is 1. The Balaban J connectivity index is 2.01. The summed E-state index contributed by atoms with van der Waals surface area (Å²) in [6.45, 7) is 5.04. The van der Waals surface area contributed by atoms with Crippen LogP contribution in [0, 0.1) is 0 Å². The van der Waals surface area contributed by atoms with Crippen molar-refractivity contribution in [2.24, 2.45) is 7.05 Å². The Bertz CT molecular complexity index is 968. The number of hydrogen-bond acceptors (Lipinski definition) is 7. The van der Waals surface area contributed by atoms with Gasteiger partial charge in [0.1, 0.15) is 17.8 Å². The van der Waals surface area contributed by atoms with E-state index in [1.54, 1.807) is 23.9 Å². The Morgan fingerprint density at radius 1 is 1.38 bits per heavy atom. The molecule has 3 aromatic rings. The molecule has 0 unspecified atom stereocenters. The van der Waals surface area contributed by atoms with E-state index >= 15 is 0 Å².